The molecule has 1 aromatic carbocycles. The number of hydrogen-bond acceptors (Lipinski definition) is 3. The molecule has 0 heterocycles. The molecule has 0 aliphatic carbocycles. The number of hydrogen-bond donors (Lipinski definition) is 2. The highest BCUT2D eigenvalue weighted by Gasteiger charge is 1.93. The first-order valence-electron chi connectivity index (χ1n) is 4.88. The third-order valence-electron chi connectivity index (χ3n) is 1.87. The number of nitrogens with one attached hydrogen (secondary N) is 1. The molecule has 0 radical (unpaired) electrons. The molecule has 2 N–H and O–H groups in total. The molecule has 3 nitrogen and oxygen atoms in total. The zero-order chi connectivity index (χ0) is 10.2. The number of phenolic OH excluding ortho intramolecular Hbond substituents is 1. The summed E-state index contributed by atoms with van der Waals surface area (Å²) in [6.07, 6.45) is 3.89. The van der Waals surface area contributed by atoms with Crippen LogP contribution in [0.4, 0.5) is 0 Å². The van der Waals surface area contributed by atoms with Gasteiger partial charge in [0.15, 0.2) is 0 Å². The number of rotatable bonds is 5. The molecule has 0 unspecified atom stereocenters. The fraction of sp³-hybridized carbons (Fsp3) is 0.364. The number of nitrogens with zero attached hydrogens (tertiary/aromatic N) is 1. The lowest BCUT2D eigenvalue weighted by atomic mass is 10.2. The molecule has 14 heavy (non-hydrogen) atoms. The minimum absolute atomic E-state index is 0.258. The van der Waals surface area contributed by atoms with E-state index in [9.17, 15) is 5.11 Å². The summed E-state index contributed by atoms with van der Waals surface area (Å²) < 4.78 is 0. The molecule has 0 fully saturated rings. The third kappa shape index (κ3) is 3.47. The second kappa shape index (κ2) is 6.02. The van der Waals surface area contributed by atoms with E-state index in [1.165, 1.54) is 0 Å². The lowest BCUT2D eigenvalue weighted by molar-refractivity contribution is 0.474. The first kappa shape index (κ1) is 10.6. The summed E-state index contributed by atoms with van der Waals surface area (Å²) in [5.74, 6) is 0.258. The molecule has 0 aromatic heterocycles. The van der Waals surface area contributed by atoms with Crippen molar-refractivity contribution in [2.45, 2.75) is 19.8 Å². The van der Waals surface area contributed by atoms with E-state index in [2.05, 4.69) is 17.5 Å². The summed E-state index contributed by atoms with van der Waals surface area (Å²) in [7, 11) is 0. The second-order valence-corrected chi connectivity index (χ2v) is 3.08. The van der Waals surface area contributed by atoms with Crippen LogP contribution >= 0.6 is 0 Å². The second-order valence-electron chi connectivity index (χ2n) is 3.08. The lowest BCUT2D eigenvalue weighted by Gasteiger charge is -1.98. The summed E-state index contributed by atoms with van der Waals surface area (Å²) in [4.78, 5) is 0. The average molecular weight is 192 g/mol. The highest BCUT2D eigenvalue weighted by Crippen LogP contribution is 2.12. The van der Waals surface area contributed by atoms with Crippen LogP contribution in [0.3, 0.4) is 0 Å². The Hall–Kier alpha value is -1.51. The topological polar surface area (TPSA) is 44.6 Å². The standard InChI is InChI=1S/C11H16N2O/c1-2-3-8-12-13-9-10-6-4-5-7-11(10)14/h4-7,9,12,14H,2-3,8H2,1H3/b13-9+. The lowest BCUT2D eigenvalue weighted by Crippen LogP contribution is -2.07. The quantitative estimate of drug-likeness (QED) is 0.426. The first-order valence-corrected chi connectivity index (χ1v) is 4.88. The number of para-hydroxylation sites is 1. The van der Waals surface area contributed by atoms with Crippen LogP contribution in [0.1, 0.15) is 25.3 Å². The van der Waals surface area contributed by atoms with Gasteiger partial charge in [-0.15, -0.1) is 0 Å². The Labute approximate surface area is 84.5 Å². The van der Waals surface area contributed by atoms with Gasteiger partial charge in [0.1, 0.15) is 5.75 Å². The van der Waals surface area contributed by atoms with Crippen LogP contribution in [0.25, 0.3) is 0 Å². The van der Waals surface area contributed by atoms with E-state index < -0.39 is 0 Å². The maximum Gasteiger partial charge on any atom is 0.124 e. The van der Waals surface area contributed by atoms with Crippen molar-refractivity contribution in [2.75, 3.05) is 6.54 Å². The summed E-state index contributed by atoms with van der Waals surface area (Å²) in [5.41, 5.74) is 3.65. The summed E-state index contributed by atoms with van der Waals surface area (Å²) in [5, 5.41) is 13.4. The number of benzene rings is 1. The molecule has 0 amide bonds. The Morgan fingerprint density at radius 3 is 2.93 bits per heavy atom. The van der Waals surface area contributed by atoms with Crippen LogP contribution < -0.4 is 5.43 Å². The van der Waals surface area contributed by atoms with E-state index in [1.54, 1.807) is 18.3 Å². The van der Waals surface area contributed by atoms with Gasteiger partial charge in [-0.1, -0.05) is 25.5 Å². The van der Waals surface area contributed by atoms with Gasteiger partial charge in [0, 0.05) is 12.1 Å². The van der Waals surface area contributed by atoms with E-state index in [0.29, 0.717) is 0 Å². The van der Waals surface area contributed by atoms with Gasteiger partial charge in [0.2, 0.25) is 0 Å². The number of unbranched alkanes of at least 4 members (excludes halogenated alkanes) is 1. The largest absolute Gasteiger partial charge is 0.507 e. The van der Waals surface area contributed by atoms with Crippen LogP contribution in [-0.4, -0.2) is 17.9 Å². The molecule has 0 saturated carbocycles. The Kier molecular flexibility index (Phi) is 4.55. The highest BCUT2D eigenvalue weighted by molar-refractivity contribution is 5.82. The third-order valence-corrected chi connectivity index (χ3v) is 1.87. The van der Waals surface area contributed by atoms with Crippen LogP contribution in [0.2, 0.25) is 0 Å². The Bertz CT molecular complexity index is 297. The molecule has 0 spiro atoms. The van der Waals surface area contributed by atoms with Gasteiger partial charge < -0.3 is 10.5 Å². The predicted molar refractivity (Wildman–Crippen MR) is 58.6 cm³/mol. The van der Waals surface area contributed by atoms with E-state index in [1.807, 2.05) is 12.1 Å². The predicted octanol–water partition coefficient (Wildman–Crippen LogP) is 2.12. The van der Waals surface area contributed by atoms with Gasteiger partial charge >= 0.3 is 0 Å². The molecule has 0 aliphatic heterocycles. The van der Waals surface area contributed by atoms with Crippen molar-refractivity contribution >= 4 is 6.21 Å². The Morgan fingerprint density at radius 1 is 1.43 bits per heavy atom. The SMILES string of the molecule is CCCCN/N=C/c1ccccc1O. The molecule has 76 valence electrons. The monoisotopic (exact) mass is 192 g/mol. The number of phenols is 1. The van der Waals surface area contributed by atoms with Crippen molar-refractivity contribution in [1.82, 2.24) is 5.43 Å². The molecule has 0 bridgehead atoms. The van der Waals surface area contributed by atoms with Gasteiger partial charge in [-0.3, -0.25) is 0 Å². The van der Waals surface area contributed by atoms with E-state index in [0.717, 1.165) is 24.9 Å². The molecular formula is C11H16N2O. The van der Waals surface area contributed by atoms with Gasteiger partial charge in [-0.05, 0) is 18.6 Å². The molecular weight excluding hydrogens is 176 g/mol. The van der Waals surface area contributed by atoms with Gasteiger partial charge in [0.05, 0.1) is 6.21 Å². The van der Waals surface area contributed by atoms with Gasteiger partial charge in [-0.2, -0.15) is 5.10 Å². The Morgan fingerprint density at radius 2 is 2.21 bits per heavy atom. The van der Waals surface area contributed by atoms with E-state index in [-0.39, 0.29) is 5.75 Å². The summed E-state index contributed by atoms with van der Waals surface area (Å²) in [6.45, 7) is 3.01. The zero-order valence-electron chi connectivity index (χ0n) is 8.40. The Balaban J connectivity index is 2.40. The van der Waals surface area contributed by atoms with Crippen molar-refractivity contribution in [2.24, 2.45) is 5.10 Å². The minimum Gasteiger partial charge on any atom is -0.507 e. The van der Waals surface area contributed by atoms with E-state index in [4.69, 9.17) is 0 Å². The van der Waals surface area contributed by atoms with E-state index >= 15 is 0 Å². The molecule has 1 rings (SSSR count). The van der Waals surface area contributed by atoms with Crippen LogP contribution in [0, 0.1) is 0 Å². The molecule has 0 aliphatic rings. The maximum absolute atomic E-state index is 9.39. The minimum atomic E-state index is 0.258. The smallest absolute Gasteiger partial charge is 0.124 e. The fourth-order valence-corrected chi connectivity index (χ4v) is 1.03. The van der Waals surface area contributed by atoms with Crippen molar-refractivity contribution in [3.63, 3.8) is 0 Å². The van der Waals surface area contributed by atoms with Crippen molar-refractivity contribution in [1.29, 1.82) is 0 Å². The van der Waals surface area contributed by atoms with Crippen molar-refractivity contribution in [3.05, 3.63) is 29.8 Å². The van der Waals surface area contributed by atoms with Crippen LogP contribution in [0.5, 0.6) is 5.75 Å². The number of aromatic hydroxyl groups is 1. The molecule has 0 atom stereocenters. The van der Waals surface area contributed by atoms with Gasteiger partial charge in [0.25, 0.3) is 0 Å². The van der Waals surface area contributed by atoms with Crippen molar-refractivity contribution < 1.29 is 5.11 Å². The normalized spacial score (nSPS) is 10.6. The zero-order valence-corrected chi connectivity index (χ0v) is 8.40. The van der Waals surface area contributed by atoms with Crippen LogP contribution in [-0.2, 0) is 0 Å². The average Bonchev–Trinajstić information content (AvgIpc) is 2.20. The summed E-state index contributed by atoms with van der Waals surface area (Å²) in [6, 6.07) is 7.12. The van der Waals surface area contributed by atoms with Crippen LogP contribution in [0.15, 0.2) is 29.4 Å². The summed E-state index contributed by atoms with van der Waals surface area (Å²) >= 11 is 0. The van der Waals surface area contributed by atoms with Gasteiger partial charge in [-0.25, -0.2) is 0 Å². The molecule has 1 aromatic rings. The highest BCUT2D eigenvalue weighted by atomic mass is 16.3. The maximum atomic E-state index is 9.39. The first-order chi connectivity index (χ1) is 6.84. The molecule has 3 heteroatoms. The fourth-order valence-electron chi connectivity index (χ4n) is 1.03. The number of hydrazone groups is 1. The van der Waals surface area contributed by atoms with Crippen molar-refractivity contribution in [3.8, 4) is 5.75 Å². The molecule has 0 saturated heterocycles.